The highest BCUT2D eigenvalue weighted by molar-refractivity contribution is 5.92. The van der Waals surface area contributed by atoms with Crippen LogP contribution in [0.1, 0.15) is 38.5 Å². The van der Waals surface area contributed by atoms with E-state index in [9.17, 15) is 19.5 Å². The molecule has 0 bridgehead atoms. The summed E-state index contributed by atoms with van der Waals surface area (Å²) in [7, 11) is 0. The van der Waals surface area contributed by atoms with Crippen LogP contribution in [0, 0.1) is 5.92 Å². The maximum absolute atomic E-state index is 12.8. The Hall–Kier alpha value is -3.47. The van der Waals surface area contributed by atoms with E-state index in [0.717, 1.165) is 94.6 Å². The van der Waals surface area contributed by atoms with Gasteiger partial charge >= 0.3 is 6.09 Å². The molecule has 10 heteroatoms. The SMILES string of the molecule is O=C(Nc1ccccc1-c1ccccc1)OC1CCN(CCCN2CC(=O)N(CCCN3CCC(CO)CC3)CC2=O)CC1. The molecule has 3 aliphatic rings. The van der Waals surface area contributed by atoms with Gasteiger partial charge in [0.1, 0.15) is 6.10 Å². The molecule has 2 aromatic carbocycles. The number of carbonyl (C=O) groups excluding carboxylic acids is 3. The topological polar surface area (TPSA) is 106 Å². The van der Waals surface area contributed by atoms with Gasteiger partial charge in [-0.05, 0) is 82.3 Å². The summed E-state index contributed by atoms with van der Waals surface area (Å²) in [5.41, 5.74) is 2.71. The number of piperidine rings is 2. The number of nitrogens with zero attached hydrogens (tertiary/aromatic N) is 4. The molecule has 0 radical (unpaired) electrons. The first-order valence-corrected chi connectivity index (χ1v) is 16.2. The van der Waals surface area contributed by atoms with Gasteiger partial charge in [0, 0.05) is 38.3 Å². The molecular weight excluding hydrogens is 558 g/mol. The van der Waals surface area contributed by atoms with Gasteiger partial charge < -0.3 is 29.4 Å². The Labute approximate surface area is 260 Å². The van der Waals surface area contributed by atoms with Crippen LogP contribution in [0.5, 0.6) is 0 Å². The molecule has 5 rings (SSSR count). The summed E-state index contributed by atoms with van der Waals surface area (Å²) in [4.78, 5) is 46.4. The van der Waals surface area contributed by atoms with E-state index in [2.05, 4.69) is 15.1 Å². The van der Waals surface area contributed by atoms with Crippen molar-refractivity contribution >= 4 is 23.6 Å². The third-order valence-electron chi connectivity index (χ3n) is 9.18. The van der Waals surface area contributed by atoms with Gasteiger partial charge in [-0.1, -0.05) is 48.5 Å². The Morgan fingerprint density at radius 1 is 0.750 bits per heavy atom. The van der Waals surface area contributed by atoms with Crippen LogP contribution in [0.15, 0.2) is 54.6 Å². The standard InChI is InChI=1S/C34H47N5O5/c40-26-27-12-20-36(21-13-27)16-6-18-38-24-33(42)39(25-32(38)41)19-7-17-37-22-14-29(15-23-37)44-34(43)35-31-11-5-4-10-30(31)28-8-2-1-3-9-28/h1-5,8-11,27,29,40H,6-7,12-26H2,(H,35,43). The molecule has 3 aliphatic heterocycles. The second-order valence-electron chi connectivity index (χ2n) is 12.3. The molecule has 0 atom stereocenters. The molecule has 3 amide bonds. The average Bonchev–Trinajstić information content (AvgIpc) is 3.05. The molecule has 10 nitrogen and oxygen atoms in total. The van der Waals surface area contributed by atoms with Crippen LogP contribution in [0.25, 0.3) is 11.1 Å². The monoisotopic (exact) mass is 605 g/mol. The number of hydrogen-bond acceptors (Lipinski definition) is 7. The number of aliphatic hydroxyl groups excluding tert-OH is 1. The highest BCUT2D eigenvalue weighted by Gasteiger charge is 2.30. The van der Waals surface area contributed by atoms with Crippen molar-refractivity contribution in [3.05, 3.63) is 54.6 Å². The number of piperazine rings is 1. The Bertz CT molecular complexity index is 1230. The predicted octanol–water partition coefficient (Wildman–Crippen LogP) is 3.52. The van der Waals surface area contributed by atoms with Crippen molar-refractivity contribution in [2.75, 3.05) is 77.4 Å². The van der Waals surface area contributed by atoms with Crippen LogP contribution in [0.2, 0.25) is 0 Å². The first kappa shape index (κ1) is 31.9. The molecule has 0 aromatic heterocycles. The number of carbonyl (C=O) groups is 3. The highest BCUT2D eigenvalue weighted by Crippen LogP contribution is 2.28. The molecule has 44 heavy (non-hydrogen) atoms. The molecule has 3 fully saturated rings. The number of nitrogens with one attached hydrogen (secondary N) is 1. The first-order chi connectivity index (χ1) is 21.5. The predicted molar refractivity (Wildman–Crippen MR) is 170 cm³/mol. The third-order valence-corrected chi connectivity index (χ3v) is 9.18. The van der Waals surface area contributed by atoms with E-state index in [1.54, 1.807) is 9.80 Å². The summed E-state index contributed by atoms with van der Waals surface area (Å²) < 4.78 is 5.76. The van der Waals surface area contributed by atoms with E-state index in [1.165, 1.54) is 0 Å². The summed E-state index contributed by atoms with van der Waals surface area (Å²) in [6.07, 6.45) is 4.70. The lowest BCUT2D eigenvalue weighted by Gasteiger charge is -2.36. The number of likely N-dealkylation sites (tertiary alicyclic amines) is 2. The Balaban J connectivity index is 0.956. The quantitative estimate of drug-likeness (QED) is 0.382. The molecule has 0 unspecified atom stereocenters. The molecule has 0 aliphatic carbocycles. The first-order valence-electron chi connectivity index (χ1n) is 16.2. The number of para-hydroxylation sites is 1. The Morgan fingerprint density at radius 3 is 1.89 bits per heavy atom. The van der Waals surface area contributed by atoms with Crippen molar-refractivity contribution in [2.45, 2.75) is 44.6 Å². The normalized spacial score (nSPS) is 19.4. The van der Waals surface area contributed by atoms with Crippen molar-refractivity contribution in [1.29, 1.82) is 0 Å². The van der Waals surface area contributed by atoms with Crippen molar-refractivity contribution in [2.24, 2.45) is 5.92 Å². The van der Waals surface area contributed by atoms with Gasteiger partial charge in [0.05, 0.1) is 18.8 Å². The van der Waals surface area contributed by atoms with Gasteiger partial charge in [-0.2, -0.15) is 0 Å². The maximum Gasteiger partial charge on any atom is 0.411 e. The van der Waals surface area contributed by atoms with E-state index in [1.807, 2.05) is 54.6 Å². The van der Waals surface area contributed by atoms with E-state index in [-0.39, 0.29) is 37.6 Å². The summed E-state index contributed by atoms with van der Waals surface area (Å²) >= 11 is 0. The molecule has 238 valence electrons. The summed E-state index contributed by atoms with van der Waals surface area (Å²) in [5.74, 6) is 0.485. The van der Waals surface area contributed by atoms with Crippen molar-refractivity contribution in [3.8, 4) is 11.1 Å². The van der Waals surface area contributed by atoms with Gasteiger partial charge in [0.25, 0.3) is 0 Å². The van der Waals surface area contributed by atoms with Crippen LogP contribution in [0.4, 0.5) is 10.5 Å². The summed E-state index contributed by atoms with van der Waals surface area (Å²) in [6, 6.07) is 17.7. The van der Waals surface area contributed by atoms with Crippen LogP contribution in [0.3, 0.4) is 0 Å². The lowest BCUT2D eigenvalue weighted by atomic mass is 9.98. The van der Waals surface area contributed by atoms with E-state index in [4.69, 9.17) is 4.74 Å². The lowest BCUT2D eigenvalue weighted by molar-refractivity contribution is -0.150. The fourth-order valence-corrected chi connectivity index (χ4v) is 6.48. The zero-order valence-corrected chi connectivity index (χ0v) is 25.7. The van der Waals surface area contributed by atoms with E-state index < -0.39 is 6.09 Å². The minimum absolute atomic E-state index is 0.0281. The maximum atomic E-state index is 12.8. The lowest BCUT2D eigenvalue weighted by Crippen LogP contribution is -2.54. The van der Waals surface area contributed by atoms with Crippen molar-refractivity contribution in [1.82, 2.24) is 19.6 Å². The van der Waals surface area contributed by atoms with Crippen LogP contribution < -0.4 is 5.32 Å². The summed E-state index contributed by atoms with van der Waals surface area (Å²) in [6.45, 7) is 7.23. The van der Waals surface area contributed by atoms with Crippen molar-refractivity contribution in [3.63, 3.8) is 0 Å². The largest absolute Gasteiger partial charge is 0.446 e. The Morgan fingerprint density at radius 2 is 1.30 bits per heavy atom. The molecular formula is C34H47N5O5. The number of benzene rings is 2. The second-order valence-corrected chi connectivity index (χ2v) is 12.3. The smallest absolute Gasteiger partial charge is 0.411 e. The van der Waals surface area contributed by atoms with E-state index in [0.29, 0.717) is 19.0 Å². The molecule has 0 spiro atoms. The van der Waals surface area contributed by atoms with Gasteiger partial charge in [0.2, 0.25) is 11.8 Å². The Kier molecular flexibility index (Phi) is 11.6. The number of anilines is 1. The van der Waals surface area contributed by atoms with Gasteiger partial charge in [0.15, 0.2) is 0 Å². The number of amides is 3. The third kappa shape index (κ3) is 9.03. The average molecular weight is 606 g/mol. The van der Waals surface area contributed by atoms with Crippen LogP contribution >= 0.6 is 0 Å². The fraction of sp³-hybridized carbons (Fsp3) is 0.559. The fourth-order valence-electron chi connectivity index (χ4n) is 6.48. The number of hydrogen-bond donors (Lipinski definition) is 2. The second kappa shape index (κ2) is 16.0. The van der Waals surface area contributed by atoms with Gasteiger partial charge in [-0.3, -0.25) is 14.9 Å². The van der Waals surface area contributed by atoms with E-state index >= 15 is 0 Å². The highest BCUT2D eigenvalue weighted by atomic mass is 16.6. The molecule has 2 aromatic rings. The van der Waals surface area contributed by atoms with Gasteiger partial charge in [-0.15, -0.1) is 0 Å². The van der Waals surface area contributed by atoms with Crippen molar-refractivity contribution < 1.29 is 24.2 Å². The van der Waals surface area contributed by atoms with Crippen LogP contribution in [-0.2, 0) is 14.3 Å². The molecule has 3 saturated heterocycles. The molecule has 0 saturated carbocycles. The number of rotatable bonds is 12. The van der Waals surface area contributed by atoms with Gasteiger partial charge in [-0.25, -0.2) is 4.79 Å². The summed E-state index contributed by atoms with van der Waals surface area (Å²) in [5, 5.41) is 12.2. The zero-order chi connectivity index (χ0) is 30.7. The zero-order valence-electron chi connectivity index (χ0n) is 25.7. The molecule has 3 heterocycles. The minimum atomic E-state index is -0.433. The molecule has 2 N–H and O–H groups in total. The van der Waals surface area contributed by atoms with Crippen LogP contribution in [-0.4, -0.2) is 121 Å². The number of ether oxygens (including phenoxy) is 1. The minimum Gasteiger partial charge on any atom is -0.446 e. The number of aliphatic hydroxyl groups is 1.